The van der Waals surface area contributed by atoms with Gasteiger partial charge in [0.1, 0.15) is 5.75 Å². The van der Waals surface area contributed by atoms with Crippen LogP contribution in [0.25, 0.3) is 0 Å². The van der Waals surface area contributed by atoms with Gasteiger partial charge in [-0.15, -0.1) is 10.2 Å². The Morgan fingerprint density at radius 3 is 2.84 bits per heavy atom. The van der Waals surface area contributed by atoms with Gasteiger partial charge in [0.05, 0.1) is 6.54 Å². The zero-order valence-electron chi connectivity index (χ0n) is 10.9. The van der Waals surface area contributed by atoms with E-state index in [0.29, 0.717) is 35.1 Å². The molecule has 0 radical (unpaired) electrons. The Kier molecular flexibility index (Phi) is 4.76. The van der Waals surface area contributed by atoms with E-state index >= 15 is 0 Å². The highest BCUT2D eigenvalue weighted by atomic mass is 35.5. The summed E-state index contributed by atoms with van der Waals surface area (Å²) in [5.74, 6) is 1.67. The Hall–Kier alpha value is -1.59. The van der Waals surface area contributed by atoms with Gasteiger partial charge in [0, 0.05) is 11.1 Å². The second-order valence-electron chi connectivity index (χ2n) is 4.37. The molecule has 0 saturated heterocycles. The van der Waals surface area contributed by atoms with Crippen molar-refractivity contribution < 1.29 is 9.15 Å². The lowest BCUT2D eigenvalue weighted by atomic mass is 10.3. The van der Waals surface area contributed by atoms with Crippen LogP contribution in [0.4, 0.5) is 0 Å². The largest absolute Gasteiger partial charge is 0.484 e. The van der Waals surface area contributed by atoms with Gasteiger partial charge in [-0.2, -0.15) is 0 Å². The summed E-state index contributed by atoms with van der Waals surface area (Å²) in [6.45, 7) is 4.90. The third kappa shape index (κ3) is 4.54. The molecule has 0 bridgehead atoms. The lowest BCUT2D eigenvalue weighted by Crippen LogP contribution is -2.21. The highest BCUT2D eigenvalue weighted by molar-refractivity contribution is 6.30. The van der Waals surface area contributed by atoms with Gasteiger partial charge >= 0.3 is 0 Å². The molecule has 0 saturated carbocycles. The second kappa shape index (κ2) is 6.54. The van der Waals surface area contributed by atoms with Gasteiger partial charge in [-0.05, 0) is 18.2 Å². The van der Waals surface area contributed by atoms with Gasteiger partial charge in [0.15, 0.2) is 6.61 Å². The summed E-state index contributed by atoms with van der Waals surface area (Å²) in [5, 5.41) is 11.7. The third-order valence-electron chi connectivity index (χ3n) is 2.33. The van der Waals surface area contributed by atoms with Crippen LogP contribution in [0.1, 0.15) is 25.6 Å². The van der Waals surface area contributed by atoms with Crippen molar-refractivity contribution in [3.8, 4) is 5.75 Å². The van der Waals surface area contributed by atoms with E-state index < -0.39 is 0 Å². The number of rotatable bonds is 6. The van der Waals surface area contributed by atoms with Crippen LogP contribution >= 0.6 is 11.6 Å². The van der Waals surface area contributed by atoms with Crippen LogP contribution in [-0.2, 0) is 13.2 Å². The van der Waals surface area contributed by atoms with E-state index in [9.17, 15) is 0 Å². The zero-order chi connectivity index (χ0) is 13.7. The standard InChI is InChI=1S/C13H16ClN3O2/c1-9(2)15-7-12-16-17-13(19-12)8-18-11-5-3-4-10(14)6-11/h3-6,9,15H,7-8H2,1-2H3. The lowest BCUT2D eigenvalue weighted by Gasteiger charge is -2.04. The minimum absolute atomic E-state index is 0.231. The average Bonchev–Trinajstić information content (AvgIpc) is 2.82. The summed E-state index contributed by atoms with van der Waals surface area (Å²) in [4.78, 5) is 0. The van der Waals surface area contributed by atoms with Gasteiger partial charge in [-0.1, -0.05) is 31.5 Å². The molecule has 1 aromatic heterocycles. The van der Waals surface area contributed by atoms with E-state index in [0.717, 1.165) is 0 Å². The molecule has 19 heavy (non-hydrogen) atoms. The topological polar surface area (TPSA) is 60.2 Å². The minimum Gasteiger partial charge on any atom is -0.484 e. The number of benzene rings is 1. The molecule has 0 aliphatic heterocycles. The highest BCUT2D eigenvalue weighted by Gasteiger charge is 2.07. The fourth-order valence-corrected chi connectivity index (χ4v) is 1.59. The van der Waals surface area contributed by atoms with E-state index in [1.54, 1.807) is 12.1 Å². The number of hydrogen-bond acceptors (Lipinski definition) is 5. The van der Waals surface area contributed by atoms with Crippen molar-refractivity contribution >= 4 is 11.6 Å². The van der Waals surface area contributed by atoms with Crippen LogP contribution in [0.2, 0.25) is 5.02 Å². The first-order valence-corrected chi connectivity index (χ1v) is 6.44. The smallest absolute Gasteiger partial charge is 0.253 e. The number of ether oxygens (including phenoxy) is 1. The fourth-order valence-electron chi connectivity index (χ4n) is 1.41. The average molecular weight is 282 g/mol. The molecule has 0 aliphatic rings. The fraction of sp³-hybridized carbons (Fsp3) is 0.385. The number of nitrogens with one attached hydrogen (secondary N) is 1. The van der Waals surface area contributed by atoms with Gasteiger partial charge in [0.25, 0.3) is 5.89 Å². The molecule has 1 aromatic carbocycles. The molecule has 5 nitrogen and oxygen atoms in total. The van der Waals surface area contributed by atoms with Gasteiger partial charge in [-0.3, -0.25) is 0 Å². The minimum atomic E-state index is 0.231. The molecule has 1 heterocycles. The maximum atomic E-state index is 5.86. The molecule has 1 N–H and O–H groups in total. The van der Waals surface area contributed by atoms with Crippen molar-refractivity contribution in [2.75, 3.05) is 0 Å². The normalized spacial score (nSPS) is 10.9. The maximum Gasteiger partial charge on any atom is 0.253 e. The number of nitrogens with zero attached hydrogens (tertiary/aromatic N) is 2. The first-order valence-electron chi connectivity index (χ1n) is 6.06. The molecule has 0 amide bonds. The van der Waals surface area contributed by atoms with Crippen molar-refractivity contribution in [2.24, 2.45) is 0 Å². The van der Waals surface area contributed by atoms with Gasteiger partial charge in [-0.25, -0.2) is 0 Å². The van der Waals surface area contributed by atoms with Gasteiger partial charge < -0.3 is 14.5 Å². The summed E-state index contributed by atoms with van der Waals surface area (Å²) in [7, 11) is 0. The lowest BCUT2D eigenvalue weighted by molar-refractivity contribution is 0.257. The molecular formula is C13H16ClN3O2. The van der Waals surface area contributed by atoms with E-state index in [4.69, 9.17) is 20.8 Å². The predicted molar refractivity (Wildman–Crippen MR) is 72.1 cm³/mol. The number of aromatic nitrogens is 2. The first kappa shape index (κ1) is 13.8. The quantitative estimate of drug-likeness (QED) is 0.882. The predicted octanol–water partition coefficient (Wildman–Crippen LogP) is 2.80. The Morgan fingerprint density at radius 1 is 1.32 bits per heavy atom. The summed E-state index contributed by atoms with van der Waals surface area (Å²) >= 11 is 5.86. The van der Waals surface area contributed by atoms with Crippen molar-refractivity contribution in [1.29, 1.82) is 0 Å². The molecule has 6 heteroatoms. The van der Waals surface area contributed by atoms with E-state index in [2.05, 4.69) is 29.4 Å². The van der Waals surface area contributed by atoms with Crippen LogP contribution in [-0.4, -0.2) is 16.2 Å². The summed E-state index contributed by atoms with van der Waals surface area (Å²) < 4.78 is 11.0. The summed E-state index contributed by atoms with van der Waals surface area (Å²) in [6.07, 6.45) is 0. The van der Waals surface area contributed by atoms with Crippen molar-refractivity contribution in [3.05, 3.63) is 41.1 Å². The molecule has 0 fully saturated rings. The Bertz CT molecular complexity index is 528. The van der Waals surface area contributed by atoms with E-state index in [1.165, 1.54) is 0 Å². The van der Waals surface area contributed by atoms with Crippen LogP contribution in [0, 0.1) is 0 Å². The molecule has 0 aliphatic carbocycles. The number of hydrogen-bond donors (Lipinski definition) is 1. The Morgan fingerprint density at radius 2 is 2.11 bits per heavy atom. The van der Waals surface area contributed by atoms with Crippen LogP contribution < -0.4 is 10.1 Å². The van der Waals surface area contributed by atoms with Crippen LogP contribution in [0.3, 0.4) is 0 Å². The van der Waals surface area contributed by atoms with E-state index in [1.807, 2.05) is 12.1 Å². The SMILES string of the molecule is CC(C)NCc1nnc(COc2cccc(Cl)c2)o1. The van der Waals surface area contributed by atoms with Gasteiger partial charge in [0.2, 0.25) is 5.89 Å². The molecule has 2 aromatic rings. The zero-order valence-corrected chi connectivity index (χ0v) is 11.6. The van der Waals surface area contributed by atoms with Crippen molar-refractivity contribution in [3.63, 3.8) is 0 Å². The molecule has 0 atom stereocenters. The van der Waals surface area contributed by atoms with Crippen molar-refractivity contribution in [2.45, 2.75) is 33.0 Å². The van der Waals surface area contributed by atoms with Crippen molar-refractivity contribution in [1.82, 2.24) is 15.5 Å². The summed E-state index contributed by atoms with van der Waals surface area (Å²) in [5.41, 5.74) is 0. The highest BCUT2D eigenvalue weighted by Crippen LogP contribution is 2.18. The second-order valence-corrected chi connectivity index (χ2v) is 4.81. The Labute approximate surface area is 116 Å². The molecule has 0 unspecified atom stereocenters. The summed E-state index contributed by atoms with van der Waals surface area (Å²) in [6, 6.07) is 7.54. The molecular weight excluding hydrogens is 266 g/mol. The third-order valence-corrected chi connectivity index (χ3v) is 2.56. The first-order chi connectivity index (χ1) is 9.13. The van der Waals surface area contributed by atoms with Crippen LogP contribution in [0.5, 0.6) is 5.75 Å². The molecule has 102 valence electrons. The molecule has 0 spiro atoms. The Balaban J connectivity index is 1.86. The molecule has 2 rings (SSSR count). The monoisotopic (exact) mass is 281 g/mol. The van der Waals surface area contributed by atoms with E-state index in [-0.39, 0.29) is 6.61 Å². The maximum absolute atomic E-state index is 5.86. The van der Waals surface area contributed by atoms with Crippen LogP contribution in [0.15, 0.2) is 28.7 Å². The number of halogens is 1.